The summed E-state index contributed by atoms with van der Waals surface area (Å²) in [5, 5.41) is 12.8. The SMILES string of the molecule is CCOC(=O)c1csc(-c2ccc(C(c3cccc(O)c3)N3C[C@@H]4CCCN4C[C@H]3C)cc2)n1. The Kier molecular flexibility index (Phi) is 6.68. The van der Waals surface area contributed by atoms with Crippen LogP contribution in [-0.4, -0.2) is 64.2 Å². The number of phenolic OH excluding ortho intramolecular Hbond substituents is 1. The van der Waals surface area contributed by atoms with Crippen LogP contribution in [0, 0.1) is 0 Å². The molecule has 0 bridgehead atoms. The van der Waals surface area contributed by atoms with E-state index in [2.05, 4.69) is 52.0 Å². The quantitative estimate of drug-likeness (QED) is 0.507. The van der Waals surface area contributed by atoms with E-state index in [1.807, 2.05) is 12.1 Å². The minimum Gasteiger partial charge on any atom is -0.508 e. The van der Waals surface area contributed by atoms with Gasteiger partial charge in [-0.1, -0.05) is 36.4 Å². The highest BCUT2D eigenvalue weighted by molar-refractivity contribution is 7.13. The second-order valence-electron chi connectivity index (χ2n) is 9.21. The maximum atomic E-state index is 12.0. The highest BCUT2D eigenvalue weighted by atomic mass is 32.1. The van der Waals surface area contributed by atoms with Gasteiger partial charge in [0.1, 0.15) is 10.8 Å². The largest absolute Gasteiger partial charge is 0.508 e. The summed E-state index contributed by atoms with van der Waals surface area (Å²) in [7, 11) is 0. The molecule has 2 saturated heterocycles. The molecule has 1 unspecified atom stereocenters. The van der Waals surface area contributed by atoms with Gasteiger partial charge in [-0.05, 0) is 56.5 Å². The lowest BCUT2D eigenvalue weighted by molar-refractivity contribution is 0.0385. The van der Waals surface area contributed by atoms with E-state index in [4.69, 9.17) is 4.74 Å². The molecule has 2 aliphatic rings. The zero-order chi connectivity index (χ0) is 23.7. The number of thiazole rings is 1. The maximum Gasteiger partial charge on any atom is 0.357 e. The third-order valence-electron chi connectivity index (χ3n) is 6.97. The van der Waals surface area contributed by atoms with E-state index in [-0.39, 0.29) is 12.0 Å². The molecule has 0 aliphatic carbocycles. The number of carbonyl (C=O) groups excluding carboxylic acids is 1. The lowest BCUT2D eigenvalue weighted by atomic mass is 9.93. The Labute approximate surface area is 204 Å². The summed E-state index contributed by atoms with van der Waals surface area (Å²) >= 11 is 1.45. The number of aromatic hydroxyl groups is 1. The molecule has 2 aliphatic heterocycles. The highest BCUT2D eigenvalue weighted by Crippen LogP contribution is 2.37. The monoisotopic (exact) mass is 477 g/mol. The molecule has 0 saturated carbocycles. The summed E-state index contributed by atoms with van der Waals surface area (Å²) in [6, 6.07) is 17.2. The number of hydrogen-bond acceptors (Lipinski definition) is 7. The molecule has 0 amide bonds. The van der Waals surface area contributed by atoms with Crippen molar-refractivity contribution >= 4 is 17.3 Å². The van der Waals surface area contributed by atoms with Gasteiger partial charge in [-0.2, -0.15) is 0 Å². The lowest BCUT2D eigenvalue weighted by Crippen LogP contribution is -2.55. The molecule has 7 heteroatoms. The van der Waals surface area contributed by atoms with Gasteiger partial charge in [0.15, 0.2) is 5.69 Å². The van der Waals surface area contributed by atoms with Crippen molar-refractivity contribution in [2.24, 2.45) is 0 Å². The van der Waals surface area contributed by atoms with Crippen LogP contribution >= 0.6 is 11.3 Å². The number of rotatable bonds is 6. The zero-order valence-electron chi connectivity index (χ0n) is 19.7. The number of hydrogen-bond donors (Lipinski definition) is 1. The summed E-state index contributed by atoms with van der Waals surface area (Å²) in [5.41, 5.74) is 3.62. The number of nitrogens with zero attached hydrogens (tertiary/aromatic N) is 3. The van der Waals surface area contributed by atoms with E-state index in [1.165, 1.54) is 36.3 Å². The Morgan fingerprint density at radius 2 is 2.03 bits per heavy atom. The third-order valence-corrected chi connectivity index (χ3v) is 7.86. The van der Waals surface area contributed by atoms with Crippen molar-refractivity contribution in [1.29, 1.82) is 0 Å². The number of aromatic nitrogens is 1. The molecule has 2 aromatic carbocycles. The lowest BCUT2D eigenvalue weighted by Gasteiger charge is -2.46. The fourth-order valence-corrected chi connectivity index (χ4v) is 6.15. The smallest absolute Gasteiger partial charge is 0.357 e. The van der Waals surface area contributed by atoms with Crippen molar-refractivity contribution in [1.82, 2.24) is 14.8 Å². The van der Waals surface area contributed by atoms with Crippen LogP contribution in [0.1, 0.15) is 54.3 Å². The van der Waals surface area contributed by atoms with Crippen molar-refractivity contribution in [2.75, 3.05) is 26.2 Å². The molecule has 3 aromatic rings. The zero-order valence-corrected chi connectivity index (χ0v) is 20.5. The van der Waals surface area contributed by atoms with Crippen LogP contribution in [0.25, 0.3) is 10.6 Å². The molecule has 6 nitrogen and oxygen atoms in total. The van der Waals surface area contributed by atoms with Gasteiger partial charge in [-0.3, -0.25) is 9.80 Å². The van der Waals surface area contributed by atoms with Gasteiger partial charge in [0, 0.05) is 36.1 Å². The second kappa shape index (κ2) is 9.86. The molecule has 1 aromatic heterocycles. The van der Waals surface area contributed by atoms with Crippen molar-refractivity contribution in [2.45, 2.75) is 44.8 Å². The number of carbonyl (C=O) groups is 1. The van der Waals surface area contributed by atoms with Crippen molar-refractivity contribution in [3.8, 4) is 16.3 Å². The van der Waals surface area contributed by atoms with Gasteiger partial charge in [-0.25, -0.2) is 9.78 Å². The highest BCUT2D eigenvalue weighted by Gasteiger charge is 2.38. The van der Waals surface area contributed by atoms with Gasteiger partial charge in [-0.15, -0.1) is 11.3 Å². The number of fused-ring (bicyclic) bond motifs is 1. The average Bonchev–Trinajstić information content (AvgIpc) is 3.50. The van der Waals surface area contributed by atoms with E-state index in [1.54, 1.807) is 18.4 Å². The van der Waals surface area contributed by atoms with Crippen LogP contribution in [0.2, 0.25) is 0 Å². The minimum absolute atomic E-state index is 0.0605. The van der Waals surface area contributed by atoms with E-state index < -0.39 is 0 Å². The Bertz CT molecular complexity index is 1150. The first-order valence-corrected chi connectivity index (χ1v) is 12.9. The van der Waals surface area contributed by atoms with Crippen LogP contribution < -0.4 is 0 Å². The Morgan fingerprint density at radius 3 is 2.79 bits per heavy atom. The second-order valence-corrected chi connectivity index (χ2v) is 10.1. The average molecular weight is 478 g/mol. The Hall–Kier alpha value is -2.74. The fraction of sp³-hybridized carbons (Fsp3) is 0.407. The molecule has 1 N–H and O–H groups in total. The molecular weight excluding hydrogens is 446 g/mol. The number of benzene rings is 2. The van der Waals surface area contributed by atoms with Crippen molar-refractivity contribution in [3.05, 3.63) is 70.7 Å². The summed E-state index contributed by atoms with van der Waals surface area (Å²) in [6.07, 6.45) is 2.53. The van der Waals surface area contributed by atoms with Gasteiger partial charge < -0.3 is 9.84 Å². The molecule has 0 radical (unpaired) electrons. The number of phenols is 1. The Morgan fingerprint density at radius 1 is 1.21 bits per heavy atom. The van der Waals surface area contributed by atoms with E-state index >= 15 is 0 Å². The minimum atomic E-state index is -0.384. The first-order valence-electron chi connectivity index (χ1n) is 12.0. The molecule has 34 heavy (non-hydrogen) atoms. The number of esters is 1. The number of piperazine rings is 1. The molecular formula is C27H31N3O3S. The normalized spacial score (nSPS) is 21.8. The molecule has 178 valence electrons. The molecule has 2 fully saturated rings. The van der Waals surface area contributed by atoms with Gasteiger partial charge in [0.2, 0.25) is 0 Å². The van der Waals surface area contributed by atoms with Crippen molar-refractivity contribution in [3.63, 3.8) is 0 Å². The predicted molar refractivity (Wildman–Crippen MR) is 134 cm³/mol. The topological polar surface area (TPSA) is 65.9 Å². The van der Waals surface area contributed by atoms with E-state index in [9.17, 15) is 9.90 Å². The van der Waals surface area contributed by atoms with Crippen LogP contribution in [0.3, 0.4) is 0 Å². The summed E-state index contributed by atoms with van der Waals surface area (Å²) in [4.78, 5) is 21.7. The van der Waals surface area contributed by atoms with Gasteiger partial charge >= 0.3 is 5.97 Å². The molecule has 3 heterocycles. The van der Waals surface area contributed by atoms with Gasteiger partial charge in [0.25, 0.3) is 0 Å². The van der Waals surface area contributed by atoms with Gasteiger partial charge in [0.05, 0.1) is 12.6 Å². The molecule has 5 rings (SSSR count). The van der Waals surface area contributed by atoms with E-state index in [0.717, 1.165) is 29.2 Å². The van der Waals surface area contributed by atoms with Crippen LogP contribution in [0.4, 0.5) is 0 Å². The maximum absolute atomic E-state index is 12.0. The Balaban J connectivity index is 1.45. The summed E-state index contributed by atoms with van der Waals surface area (Å²) < 4.78 is 5.07. The summed E-state index contributed by atoms with van der Waals surface area (Å²) in [6.45, 7) is 7.75. The first-order chi connectivity index (χ1) is 16.5. The summed E-state index contributed by atoms with van der Waals surface area (Å²) in [5.74, 6) is -0.0915. The predicted octanol–water partition coefficient (Wildman–Crippen LogP) is 4.95. The van der Waals surface area contributed by atoms with Crippen LogP contribution in [0.5, 0.6) is 5.75 Å². The first kappa shape index (κ1) is 23.0. The van der Waals surface area contributed by atoms with Crippen LogP contribution in [0.15, 0.2) is 53.9 Å². The number of ether oxygens (including phenoxy) is 1. The van der Waals surface area contributed by atoms with E-state index in [0.29, 0.717) is 30.1 Å². The fourth-order valence-electron chi connectivity index (χ4n) is 5.35. The third kappa shape index (κ3) is 4.60. The van der Waals surface area contributed by atoms with Crippen LogP contribution in [-0.2, 0) is 4.74 Å². The standard InChI is InChI=1S/C27H31N3O3S/c1-3-33-27(32)24-17-34-26(28-24)20-11-9-19(10-12-20)25(21-6-4-8-23(31)14-21)30-16-22-7-5-13-29(22)15-18(30)2/h4,6,8-12,14,17-18,22,25,31H,3,5,7,13,15-16H2,1-2H3/t18-,22+,25?/m1/s1. The molecule has 3 atom stereocenters. The molecule has 0 spiro atoms. The van der Waals surface area contributed by atoms with Crippen molar-refractivity contribution < 1.29 is 14.6 Å².